The van der Waals surface area contributed by atoms with E-state index < -0.39 is 11.9 Å². The molecule has 4 aromatic carbocycles. The molecule has 0 saturated heterocycles. The molecule has 6 rings (SSSR count). The number of carbonyl (C=O) groups excluding carboxylic acids is 4. The minimum Gasteiger partial charge on any atom is -0.550 e. The molecule has 0 fully saturated rings. The second-order valence-corrected chi connectivity index (χ2v) is 12.2. The van der Waals surface area contributed by atoms with Crippen molar-refractivity contribution in [2.75, 3.05) is 14.2 Å². The Kier molecular flexibility index (Phi) is 15.4. The number of methoxy groups -OCH3 is 2. The first-order chi connectivity index (χ1) is 23.8. The molecule has 53 heavy (non-hydrogen) atoms. The summed E-state index contributed by atoms with van der Waals surface area (Å²) in [4.78, 5) is 48.3. The van der Waals surface area contributed by atoms with Gasteiger partial charge < -0.3 is 40.2 Å². The van der Waals surface area contributed by atoms with E-state index in [0.717, 1.165) is 0 Å². The van der Waals surface area contributed by atoms with Gasteiger partial charge >= 0.3 is 16.5 Å². The summed E-state index contributed by atoms with van der Waals surface area (Å²) >= 11 is 11.8. The molecule has 0 aliphatic carbocycles. The van der Waals surface area contributed by atoms with E-state index in [9.17, 15) is 29.4 Å². The summed E-state index contributed by atoms with van der Waals surface area (Å²) in [6.07, 6.45) is -0.563. The zero-order valence-electron chi connectivity index (χ0n) is 28.7. The third-order valence-electron chi connectivity index (χ3n) is 8.31. The number of fused-ring (bicyclic) bond motifs is 2. The molecule has 280 valence electrons. The predicted octanol–water partition coefficient (Wildman–Crippen LogP) is 3.53. The van der Waals surface area contributed by atoms with Crippen molar-refractivity contribution in [3.05, 3.63) is 129 Å². The predicted molar refractivity (Wildman–Crippen MR) is 193 cm³/mol. The second kappa shape index (κ2) is 18.5. The SMILES string of the molecule is COc1ccc2c(c1)c(CC(=O)[O-])c(C)n2C(=O)c1ccc(Cl)cc1.COc1ccc2c(c1)c(CC(=O)[O-])c(C)n2C(=O)c1ccc(Cl)cc1.O.O.[Ni+2]. The number of carbonyl (C=O) groups is 4. The summed E-state index contributed by atoms with van der Waals surface area (Å²) in [5, 5.41) is 24.7. The van der Waals surface area contributed by atoms with Gasteiger partial charge in [0.15, 0.2) is 0 Å². The number of carboxylic acid groups (broad SMARTS) is 2. The topological polar surface area (TPSA) is 206 Å². The van der Waals surface area contributed by atoms with Crippen LogP contribution in [0.15, 0.2) is 84.9 Å². The van der Waals surface area contributed by atoms with Crippen LogP contribution in [-0.2, 0) is 38.9 Å². The second-order valence-electron chi connectivity index (χ2n) is 11.3. The number of ether oxygens (including phenoxy) is 2. The van der Waals surface area contributed by atoms with Crippen LogP contribution in [0.4, 0.5) is 0 Å². The Hall–Kier alpha value is -5.17. The fraction of sp³-hybridized carbons (Fsp3) is 0.158. The zero-order chi connectivity index (χ0) is 36.3. The average Bonchev–Trinajstić information content (AvgIpc) is 3.52. The van der Waals surface area contributed by atoms with Gasteiger partial charge in [-0.3, -0.25) is 18.7 Å². The van der Waals surface area contributed by atoms with Crippen LogP contribution < -0.4 is 19.7 Å². The Labute approximate surface area is 324 Å². The number of nitrogens with zero attached hydrogens (tertiary/aromatic N) is 2. The van der Waals surface area contributed by atoms with Gasteiger partial charge in [-0.05, 0) is 110 Å². The van der Waals surface area contributed by atoms with Crippen LogP contribution in [-0.4, -0.2) is 58.1 Å². The number of aromatic nitrogens is 2. The third-order valence-corrected chi connectivity index (χ3v) is 8.82. The Morgan fingerprint density at radius 3 is 1.19 bits per heavy atom. The van der Waals surface area contributed by atoms with Gasteiger partial charge in [0.2, 0.25) is 0 Å². The van der Waals surface area contributed by atoms with Gasteiger partial charge in [-0.25, -0.2) is 0 Å². The average molecular weight is 808 g/mol. The molecule has 15 heteroatoms. The van der Waals surface area contributed by atoms with E-state index in [0.29, 0.717) is 77.0 Å². The van der Waals surface area contributed by atoms with Gasteiger partial charge in [-0.1, -0.05) is 23.2 Å². The van der Waals surface area contributed by atoms with Crippen LogP contribution in [0.3, 0.4) is 0 Å². The molecule has 0 bridgehead atoms. The normalized spacial score (nSPS) is 10.2. The maximum Gasteiger partial charge on any atom is 2.00 e. The largest absolute Gasteiger partial charge is 2.00 e. The molecular weight excluding hydrogens is 774 g/mol. The molecule has 0 radical (unpaired) electrons. The van der Waals surface area contributed by atoms with Crippen molar-refractivity contribution < 1.29 is 66.3 Å². The van der Waals surface area contributed by atoms with Crippen molar-refractivity contribution >= 4 is 68.8 Å². The number of halogens is 2. The van der Waals surface area contributed by atoms with Crippen LogP contribution in [0.25, 0.3) is 21.8 Å². The molecule has 0 aliphatic heterocycles. The first-order valence-electron chi connectivity index (χ1n) is 15.2. The summed E-state index contributed by atoms with van der Waals surface area (Å²) < 4.78 is 13.5. The molecule has 6 aromatic rings. The van der Waals surface area contributed by atoms with Gasteiger partial charge in [-0.15, -0.1) is 0 Å². The van der Waals surface area contributed by atoms with Gasteiger partial charge in [0.1, 0.15) is 11.5 Å². The molecule has 0 aliphatic rings. The van der Waals surface area contributed by atoms with Crippen molar-refractivity contribution in [3.8, 4) is 11.5 Å². The number of hydrogen-bond donors (Lipinski definition) is 0. The molecule has 0 amide bonds. The Morgan fingerprint density at radius 1 is 0.585 bits per heavy atom. The maximum atomic E-state index is 13.0. The molecule has 0 saturated carbocycles. The number of carboxylic acids is 2. The van der Waals surface area contributed by atoms with Gasteiger partial charge in [0.05, 0.1) is 25.3 Å². The van der Waals surface area contributed by atoms with Gasteiger partial charge in [0, 0.05) is 68.1 Å². The number of rotatable bonds is 8. The summed E-state index contributed by atoms with van der Waals surface area (Å²) in [5.74, 6) is -1.75. The zero-order valence-corrected chi connectivity index (χ0v) is 31.2. The minimum atomic E-state index is -1.20. The summed E-state index contributed by atoms with van der Waals surface area (Å²) in [6.45, 7) is 3.44. The summed E-state index contributed by atoms with van der Waals surface area (Å²) in [7, 11) is 3.06. The summed E-state index contributed by atoms with van der Waals surface area (Å²) in [6, 6.07) is 23.5. The third kappa shape index (κ3) is 9.26. The first kappa shape index (κ1) is 44.0. The van der Waals surface area contributed by atoms with Crippen molar-refractivity contribution in [3.63, 3.8) is 0 Å². The van der Waals surface area contributed by atoms with E-state index in [2.05, 4.69) is 0 Å². The summed E-state index contributed by atoms with van der Waals surface area (Å²) in [5.41, 5.74) is 4.36. The van der Waals surface area contributed by atoms with Crippen LogP contribution in [0.1, 0.15) is 43.2 Å². The van der Waals surface area contributed by atoms with Crippen molar-refractivity contribution in [1.82, 2.24) is 9.13 Å². The van der Waals surface area contributed by atoms with Gasteiger partial charge in [0.25, 0.3) is 11.8 Å². The van der Waals surface area contributed by atoms with E-state index >= 15 is 0 Å². The van der Waals surface area contributed by atoms with E-state index in [4.69, 9.17) is 32.7 Å². The van der Waals surface area contributed by atoms with E-state index in [1.165, 1.54) is 23.4 Å². The number of benzene rings is 4. The fourth-order valence-electron chi connectivity index (χ4n) is 5.88. The Morgan fingerprint density at radius 2 is 0.906 bits per heavy atom. The smallest absolute Gasteiger partial charge is 0.550 e. The molecule has 4 N–H and O–H groups in total. The molecule has 2 aromatic heterocycles. The maximum absolute atomic E-state index is 13.0. The molecule has 0 atom stereocenters. The van der Waals surface area contributed by atoms with Gasteiger partial charge in [-0.2, -0.15) is 0 Å². The van der Waals surface area contributed by atoms with Crippen LogP contribution >= 0.6 is 23.2 Å². The number of aliphatic carboxylic acids is 2. The standard InChI is InChI=1S/2C19H16ClNO4.Ni.2H2O/c2*1-11-15(10-18(22)23)16-9-14(25-2)7-8-17(16)21(11)19(24)12-3-5-13(20)6-4-12;;;/h2*3-9H,10H2,1-2H3,(H,22,23);;2*1H2/q;;+2;;/p-2. The Balaban J connectivity index is 0.000000347. The fourth-order valence-corrected chi connectivity index (χ4v) is 6.13. The molecule has 0 spiro atoms. The molecular formula is C38H34Cl2N2NiO10. The van der Waals surface area contributed by atoms with Crippen molar-refractivity contribution in [1.29, 1.82) is 0 Å². The quantitative estimate of drug-likeness (QED) is 0.208. The van der Waals surface area contributed by atoms with Crippen LogP contribution in [0.2, 0.25) is 10.0 Å². The van der Waals surface area contributed by atoms with Crippen LogP contribution in [0, 0.1) is 13.8 Å². The number of hydrogen-bond acceptors (Lipinski definition) is 8. The monoisotopic (exact) mass is 806 g/mol. The van der Waals surface area contributed by atoms with Crippen molar-refractivity contribution in [2.45, 2.75) is 26.7 Å². The van der Waals surface area contributed by atoms with Crippen molar-refractivity contribution in [2.24, 2.45) is 0 Å². The van der Waals surface area contributed by atoms with E-state index in [1.54, 1.807) is 98.8 Å². The molecule has 0 unspecified atom stereocenters. The first-order valence-corrected chi connectivity index (χ1v) is 16.0. The van der Waals surface area contributed by atoms with Crippen LogP contribution in [0.5, 0.6) is 11.5 Å². The van der Waals surface area contributed by atoms with E-state index in [1.807, 2.05) is 0 Å². The Bertz CT molecular complexity index is 2120. The molecule has 12 nitrogen and oxygen atoms in total. The van der Waals surface area contributed by atoms with E-state index in [-0.39, 0.29) is 52.1 Å². The molecule has 2 heterocycles. The minimum absolute atomic E-state index is 0.